The van der Waals surface area contributed by atoms with Gasteiger partial charge in [-0.25, -0.2) is 0 Å². The number of amides is 1. The van der Waals surface area contributed by atoms with Gasteiger partial charge < -0.3 is 89.9 Å². The summed E-state index contributed by atoms with van der Waals surface area (Å²) in [6.45, 7) is 1.30. The summed E-state index contributed by atoms with van der Waals surface area (Å²) >= 11 is 0. The molecule has 3 heterocycles. The summed E-state index contributed by atoms with van der Waals surface area (Å²) in [5, 5.41) is 119. The zero-order chi connectivity index (χ0) is 63.3. The predicted molar refractivity (Wildman–Crippen MR) is 336 cm³/mol. The van der Waals surface area contributed by atoms with Gasteiger partial charge >= 0.3 is 0 Å². The van der Waals surface area contributed by atoms with Crippen LogP contribution in [0.4, 0.5) is 0 Å². The van der Waals surface area contributed by atoms with Crippen molar-refractivity contribution in [2.75, 3.05) is 26.4 Å². The standard InChI is InChI=1S/C68H107NO18/c1-3-5-7-8-9-10-11-12-13-14-15-16-17-18-19-20-21-22-23-24-25-26-27-28-29-30-31-32-33-34-35-36-37-38-39-40-41-42-44-46-56(74)69-51(52(73)45-43-6-4-2)50-82-66-62(80)59(77)64(54(48-71)84-66)87-68-63(81)60(78)65(55(49-72)85-68)86-67-61(79)58(76)57(75)53(47-70)83-67/h5,7,9-10,12-13,15-16,18-19,21-22,24-25,27-28,30-31,33-34,36-37,43,45,51-55,57-68,70-73,75-81H,3-4,6,8,11,14,17,20,23,26,29,32,35,38-42,44,46-50H2,1-2H3,(H,69,74)/b7-5-,10-9-,13-12-,16-15-,19-18-,22-21-,25-24-,28-27-,31-30-,34-33-,37-36-,45-43+. The van der Waals surface area contributed by atoms with Crippen molar-refractivity contribution in [3.8, 4) is 0 Å². The van der Waals surface area contributed by atoms with Gasteiger partial charge in [0.25, 0.3) is 0 Å². The van der Waals surface area contributed by atoms with Gasteiger partial charge in [-0.05, 0) is 96.3 Å². The van der Waals surface area contributed by atoms with Gasteiger partial charge in [-0.3, -0.25) is 4.79 Å². The Hall–Kier alpha value is -4.33. The highest BCUT2D eigenvalue weighted by Crippen LogP contribution is 2.33. The molecule has 0 saturated carbocycles. The lowest BCUT2D eigenvalue weighted by atomic mass is 9.96. The molecule has 0 bridgehead atoms. The maximum Gasteiger partial charge on any atom is 0.220 e. The van der Waals surface area contributed by atoms with E-state index in [4.69, 9.17) is 28.4 Å². The molecule has 3 aliphatic heterocycles. The number of unbranched alkanes of at least 4 members (excludes halogenated alkanes) is 6. The summed E-state index contributed by atoms with van der Waals surface area (Å²) in [4.78, 5) is 13.1. The highest BCUT2D eigenvalue weighted by molar-refractivity contribution is 5.76. The number of ether oxygens (including phenoxy) is 6. The van der Waals surface area contributed by atoms with E-state index in [-0.39, 0.29) is 18.9 Å². The number of carbonyl (C=O) groups excluding carboxylic acids is 1. The lowest BCUT2D eigenvalue weighted by molar-refractivity contribution is -0.379. The highest BCUT2D eigenvalue weighted by atomic mass is 16.8. The largest absolute Gasteiger partial charge is 0.394 e. The van der Waals surface area contributed by atoms with Gasteiger partial charge in [0.15, 0.2) is 18.9 Å². The number of allylic oxidation sites excluding steroid dienone is 23. The highest BCUT2D eigenvalue weighted by Gasteiger charge is 2.53. The monoisotopic (exact) mass is 1230 g/mol. The Labute approximate surface area is 517 Å². The molecule has 0 aromatic rings. The average Bonchev–Trinajstić information content (AvgIpc) is 1.25. The fourth-order valence-corrected chi connectivity index (χ4v) is 9.49. The van der Waals surface area contributed by atoms with Gasteiger partial charge in [-0.1, -0.05) is 185 Å². The predicted octanol–water partition coefficient (Wildman–Crippen LogP) is 6.81. The zero-order valence-electron chi connectivity index (χ0n) is 51.4. The number of carbonyl (C=O) groups is 1. The Bertz CT molecular complexity index is 2150. The van der Waals surface area contributed by atoms with E-state index in [9.17, 15) is 61.0 Å². The molecule has 1 amide bonds. The van der Waals surface area contributed by atoms with Gasteiger partial charge in [0.2, 0.25) is 5.91 Å². The first-order chi connectivity index (χ1) is 42.3. The molecule has 0 aromatic carbocycles. The molecule has 3 aliphatic rings. The fraction of sp³-hybridized carbons (Fsp3) is 0.632. The molecule has 0 spiro atoms. The van der Waals surface area contributed by atoms with Crippen LogP contribution in [0.25, 0.3) is 0 Å². The number of rotatable bonds is 44. The minimum absolute atomic E-state index is 0.207. The summed E-state index contributed by atoms with van der Waals surface area (Å²) in [6, 6.07) is -0.990. The van der Waals surface area contributed by atoms with Crippen LogP contribution in [-0.2, 0) is 33.2 Å². The summed E-state index contributed by atoms with van der Waals surface area (Å²) in [5.74, 6) is -0.315. The zero-order valence-corrected chi connectivity index (χ0v) is 51.4. The Balaban J connectivity index is 1.27. The first kappa shape index (κ1) is 76.9. The van der Waals surface area contributed by atoms with Gasteiger partial charge in [0.05, 0.1) is 38.6 Å². The maximum absolute atomic E-state index is 13.1. The molecule has 492 valence electrons. The SMILES string of the molecule is CC/C=C\C/C=C\C/C=C\C/C=C\C/C=C\C/C=C\C/C=C\C/C=C\C/C=C\C/C=C\C/C=C\CCCCCCCC(=O)NC(COC1OC(CO)C(OC2OC(CO)C(OC3OC(CO)C(O)C(O)C3O)C(O)C2O)C(O)C1O)C(O)/C=C/CCC. The molecule has 0 aromatic heterocycles. The second-order valence-corrected chi connectivity index (χ2v) is 21.8. The lowest BCUT2D eigenvalue weighted by Gasteiger charge is -2.48. The van der Waals surface area contributed by atoms with E-state index in [0.717, 1.165) is 109 Å². The Kier molecular flexibility index (Phi) is 42.9. The molecule has 3 fully saturated rings. The summed E-state index contributed by atoms with van der Waals surface area (Å²) in [5.41, 5.74) is 0. The maximum atomic E-state index is 13.1. The minimum Gasteiger partial charge on any atom is -0.394 e. The van der Waals surface area contributed by atoms with Crippen molar-refractivity contribution in [3.63, 3.8) is 0 Å². The molecule has 19 nitrogen and oxygen atoms in total. The van der Waals surface area contributed by atoms with Crippen LogP contribution in [0.2, 0.25) is 0 Å². The Morgan fingerprint density at radius 3 is 1.22 bits per heavy atom. The van der Waals surface area contributed by atoms with Crippen molar-refractivity contribution in [2.45, 2.75) is 247 Å². The lowest BCUT2D eigenvalue weighted by Crippen LogP contribution is -2.66. The molecule has 3 rings (SSSR count). The van der Waals surface area contributed by atoms with Crippen molar-refractivity contribution in [1.82, 2.24) is 5.32 Å². The van der Waals surface area contributed by atoms with E-state index in [1.165, 1.54) is 6.08 Å². The second-order valence-electron chi connectivity index (χ2n) is 21.8. The van der Waals surface area contributed by atoms with Crippen LogP contribution in [-0.4, -0.2) is 193 Å². The van der Waals surface area contributed by atoms with E-state index in [1.807, 2.05) is 6.92 Å². The molecule has 17 unspecified atom stereocenters. The topological polar surface area (TPSA) is 307 Å². The molecule has 0 radical (unpaired) electrons. The van der Waals surface area contributed by atoms with Crippen LogP contribution in [0, 0.1) is 0 Å². The van der Waals surface area contributed by atoms with E-state index < -0.39 is 124 Å². The fourth-order valence-electron chi connectivity index (χ4n) is 9.49. The second kappa shape index (κ2) is 48.5. The minimum atomic E-state index is -1.98. The number of hydrogen-bond acceptors (Lipinski definition) is 18. The van der Waals surface area contributed by atoms with Crippen LogP contribution in [0.5, 0.6) is 0 Å². The van der Waals surface area contributed by atoms with E-state index in [0.29, 0.717) is 12.8 Å². The third-order valence-corrected chi connectivity index (χ3v) is 14.6. The quantitative estimate of drug-likeness (QED) is 0.0220. The van der Waals surface area contributed by atoms with E-state index in [2.05, 4.69) is 146 Å². The first-order valence-corrected chi connectivity index (χ1v) is 31.6. The van der Waals surface area contributed by atoms with Crippen LogP contribution in [0.15, 0.2) is 146 Å². The van der Waals surface area contributed by atoms with Crippen molar-refractivity contribution >= 4 is 5.91 Å². The van der Waals surface area contributed by atoms with Crippen molar-refractivity contribution < 1.29 is 89.4 Å². The van der Waals surface area contributed by atoms with Gasteiger partial charge in [-0.15, -0.1) is 0 Å². The van der Waals surface area contributed by atoms with Gasteiger partial charge in [0.1, 0.15) is 73.2 Å². The normalized spacial score (nSPS) is 29.6. The average molecular weight is 1230 g/mol. The van der Waals surface area contributed by atoms with Crippen LogP contribution in [0.1, 0.15) is 142 Å². The van der Waals surface area contributed by atoms with Crippen molar-refractivity contribution in [1.29, 1.82) is 0 Å². The van der Waals surface area contributed by atoms with Crippen LogP contribution >= 0.6 is 0 Å². The molecule has 19 heteroatoms. The number of nitrogens with one attached hydrogen (secondary N) is 1. The molecule has 3 saturated heterocycles. The summed E-state index contributed by atoms with van der Waals surface area (Å²) < 4.78 is 33.9. The van der Waals surface area contributed by atoms with E-state index >= 15 is 0 Å². The van der Waals surface area contributed by atoms with Crippen molar-refractivity contribution in [3.05, 3.63) is 146 Å². The summed E-state index contributed by atoms with van der Waals surface area (Å²) in [7, 11) is 0. The molecular formula is C68H107NO18. The molecule has 0 aliphatic carbocycles. The Morgan fingerprint density at radius 1 is 0.425 bits per heavy atom. The van der Waals surface area contributed by atoms with Gasteiger partial charge in [0, 0.05) is 6.42 Å². The molecule has 17 atom stereocenters. The third kappa shape index (κ3) is 31.3. The number of aliphatic hydroxyl groups is 11. The van der Waals surface area contributed by atoms with E-state index in [1.54, 1.807) is 6.08 Å². The smallest absolute Gasteiger partial charge is 0.220 e. The number of hydrogen-bond donors (Lipinski definition) is 12. The number of aliphatic hydroxyl groups excluding tert-OH is 11. The molecule has 12 N–H and O–H groups in total. The first-order valence-electron chi connectivity index (χ1n) is 31.6. The molecule has 87 heavy (non-hydrogen) atoms. The summed E-state index contributed by atoms with van der Waals surface area (Å²) in [6.07, 6.45) is 42.7. The van der Waals surface area contributed by atoms with Crippen LogP contribution < -0.4 is 5.32 Å². The van der Waals surface area contributed by atoms with Gasteiger partial charge in [-0.2, -0.15) is 0 Å². The van der Waals surface area contributed by atoms with Crippen LogP contribution in [0.3, 0.4) is 0 Å². The van der Waals surface area contributed by atoms with Crippen molar-refractivity contribution in [2.24, 2.45) is 0 Å². The molecular weight excluding hydrogens is 1120 g/mol. The Morgan fingerprint density at radius 2 is 0.793 bits per heavy atom. The third-order valence-electron chi connectivity index (χ3n) is 14.6.